The first-order chi connectivity index (χ1) is 12.4. The van der Waals surface area contributed by atoms with Crippen LogP contribution in [0.25, 0.3) is 0 Å². The molecule has 7 nitrogen and oxygen atoms in total. The van der Waals surface area contributed by atoms with Crippen LogP contribution in [0.2, 0.25) is 0 Å². The summed E-state index contributed by atoms with van der Waals surface area (Å²) < 4.78 is 40.0. The molecule has 1 aliphatic heterocycles. The van der Waals surface area contributed by atoms with Crippen molar-refractivity contribution in [2.45, 2.75) is 39.2 Å². The van der Waals surface area contributed by atoms with Crippen molar-refractivity contribution < 1.29 is 22.7 Å². The molecule has 0 bridgehead atoms. The minimum atomic E-state index is -3.71. The first kappa shape index (κ1) is 20.7. The van der Waals surface area contributed by atoms with Crippen LogP contribution in [0.5, 0.6) is 5.75 Å². The Morgan fingerprint density at radius 2 is 2.19 bits per heavy atom. The quantitative estimate of drug-likeness (QED) is 0.695. The molecule has 146 valence electrons. The Kier molecular flexibility index (Phi) is 7.43. The molecule has 1 heterocycles. The van der Waals surface area contributed by atoms with Gasteiger partial charge in [-0.15, -0.1) is 0 Å². The van der Waals surface area contributed by atoms with Crippen molar-refractivity contribution in [1.29, 1.82) is 0 Å². The molecule has 0 spiro atoms. The summed E-state index contributed by atoms with van der Waals surface area (Å²) in [6.07, 6.45) is 1.78. The molecule has 1 N–H and O–H groups in total. The van der Waals surface area contributed by atoms with Gasteiger partial charge in [-0.3, -0.25) is 4.79 Å². The van der Waals surface area contributed by atoms with Gasteiger partial charge in [-0.05, 0) is 43.4 Å². The maximum atomic E-state index is 12.8. The van der Waals surface area contributed by atoms with Gasteiger partial charge in [0.05, 0.1) is 26.2 Å². The van der Waals surface area contributed by atoms with Gasteiger partial charge in [0.1, 0.15) is 5.75 Å². The van der Waals surface area contributed by atoms with Gasteiger partial charge in [-0.2, -0.15) is 17.4 Å². The van der Waals surface area contributed by atoms with Crippen LogP contribution in [0, 0.1) is 5.92 Å². The third-order valence-corrected chi connectivity index (χ3v) is 6.02. The van der Waals surface area contributed by atoms with E-state index in [9.17, 15) is 13.2 Å². The van der Waals surface area contributed by atoms with Crippen LogP contribution in [0.3, 0.4) is 0 Å². The van der Waals surface area contributed by atoms with Gasteiger partial charge in [0.15, 0.2) is 0 Å². The SMILES string of the molecule is CCOC(=O)CC(NS(=O)(=O)N1CCCC(C)C1)c1cccc(OC)c1. The molecule has 1 aliphatic rings. The summed E-state index contributed by atoms with van der Waals surface area (Å²) in [7, 11) is -2.17. The lowest BCUT2D eigenvalue weighted by Crippen LogP contribution is -2.46. The topological polar surface area (TPSA) is 84.9 Å². The molecular weight excluding hydrogens is 356 g/mol. The van der Waals surface area contributed by atoms with Crippen molar-refractivity contribution in [2.75, 3.05) is 26.8 Å². The largest absolute Gasteiger partial charge is 0.497 e. The summed E-state index contributed by atoms with van der Waals surface area (Å²) >= 11 is 0. The summed E-state index contributed by atoms with van der Waals surface area (Å²) in [6.45, 7) is 4.99. The highest BCUT2D eigenvalue weighted by atomic mass is 32.2. The van der Waals surface area contributed by atoms with Crippen LogP contribution in [-0.2, 0) is 19.7 Å². The van der Waals surface area contributed by atoms with E-state index in [0.717, 1.165) is 12.8 Å². The van der Waals surface area contributed by atoms with E-state index in [1.54, 1.807) is 38.3 Å². The molecule has 0 saturated carbocycles. The van der Waals surface area contributed by atoms with Crippen molar-refractivity contribution in [3.05, 3.63) is 29.8 Å². The summed E-state index contributed by atoms with van der Waals surface area (Å²) in [5.41, 5.74) is 0.658. The minimum absolute atomic E-state index is 0.0797. The number of benzene rings is 1. The van der Waals surface area contributed by atoms with Gasteiger partial charge in [0.25, 0.3) is 10.2 Å². The molecule has 1 aromatic carbocycles. The molecule has 2 unspecified atom stereocenters. The van der Waals surface area contributed by atoms with Crippen LogP contribution in [0.15, 0.2) is 24.3 Å². The number of hydrogen-bond donors (Lipinski definition) is 1. The standard InChI is InChI=1S/C18H28N2O5S/c1-4-25-18(21)12-17(15-8-5-9-16(11-15)24-3)19-26(22,23)20-10-6-7-14(2)13-20/h5,8-9,11,14,17,19H,4,6-7,10,12-13H2,1-3H3. The lowest BCUT2D eigenvalue weighted by molar-refractivity contribution is -0.143. The number of esters is 1. The van der Waals surface area contributed by atoms with Crippen LogP contribution < -0.4 is 9.46 Å². The van der Waals surface area contributed by atoms with Gasteiger partial charge in [0.2, 0.25) is 0 Å². The predicted molar refractivity (Wildman–Crippen MR) is 99.0 cm³/mol. The highest BCUT2D eigenvalue weighted by Crippen LogP contribution is 2.25. The predicted octanol–water partition coefficient (Wildman–Crippen LogP) is 2.26. The maximum Gasteiger partial charge on any atom is 0.307 e. The van der Waals surface area contributed by atoms with E-state index in [2.05, 4.69) is 4.72 Å². The van der Waals surface area contributed by atoms with E-state index in [0.29, 0.717) is 30.3 Å². The number of carbonyl (C=O) groups is 1. The second-order valence-electron chi connectivity index (χ2n) is 6.57. The fourth-order valence-corrected chi connectivity index (χ4v) is 4.64. The van der Waals surface area contributed by atoms with E-state index in [1.807, 2.05) is 6.92 Å². The third-order valence-electron chi connectivity index (χ3n) is 4.42. The number of carbonyl (C=O) groups excluding carboxylic acids is 1. The molecule has 0 aliphatic carbocycles. The Hall–Kier alpha value is -1.64. The maximum absolute atomic E-state index is 12.8. The molecule has 26 heavy (non-hydrogen) atoms. The van der Waals surface area contributed by atoms with E-state index in [1.165, 1.54) is 4.31 Å². The zero-order valence-corrected chi connectivity index (χ0v) is 16.4. The van der Waals surface area contributed by atoms with Gasteiger partial charge >= 0.3 is 5.97 Å². The summed E-state index contributed by atoms with van der Waals surface area (Å²) in [4.78, 5) is 12.0. The van der Waals surface area contributed by atoms with Crippen LogP contribution in [0.4, 0.5) is 0 Å². The highest BCUT2D eigenvalue weighted by Gasteiger charge is 2.30. The number of nitrogens with one attached hydrogen (secondary N) is 1. The monoisotopic (exact) mass is 384 g/mol. The van der Waals surface area contributed by atoms with Crippen molar-refractivity contribution in [2.24, 2.45) is 5.92 Å². The zero-order chi connectivity index (χ0) is 19.2. The van der Waals surface area contributed by atoms with Crippen molar-refractivity contribution >= 4 is 16.2 Å². The molecule has 1 saturated heterocycles. The summed E-state index contributed by atoms with van der Waals surface area (Å²) in [6, 6.07) is 6.32. The van der Waals surface area contributed by atoms with Crippen molar-refractivity contribution in [1.82, 2.24) is 9.03 Å². The number of rotatable bonds is 8. The fourth-order valence-electron chi connectivity index (χ4n) is 3.09. The Bertz CT molecular complexity index is 707. The van der Waals surface area contributed by atoms with E-state index in [4.69, 9.17) is 9.47 Å². The molecule has 2 rings (SSSR count). The van der Waals surface area contributed by atoms with E-state index >= 15 is 0 Å². The smallest absolute Gasteiger partial charge is 0.307 e. The normalized spacial score (nSPS) is 19.7. The molecular formula is C18H28N2O5S. The number of piperidine rings is 1. The first-order valence-corrected chi connectivity index (χ1v) is 10.4. The second kappa shape index (κ2) is 9.34. The minimum Gasteiger partial charge on any atom is -0.497 e. The molecule has 1 fully saturated rings. The number of methoxy groups -OCH3 is 1. The van der Waals surface area contributed by atoms with Crippen molar-refractivity contribution in [3.8, 4) is 5.75 Å². The fraction of sp³-hybridized carbons (Fsp3) is 0.611. The van der Waals surface area contributed by atoms with Gasteiger partial charge < -0.3 is 9.47 Å². The molecule has 0 radical (unpaired) electrons. The lowest BCUT2D eigenvalue weighted by atomic mass is 10.0. The Balaban J connectivity index is 2.23. The van der Waals surface area contributed by atoms with Crippen LogP contribution >= 0.6 is 0 Å². The summed E-state index contributed by atoms with van der Waals surface area (Å²) in [5, 5.41) is 0. The number of hydrogen-bond acceptors (Lipinski definition) is 5. The molecule has 2 atom stereocenters. The average molecular weight is 384 g/mol. The average Bonchev–Trinajstić information content (AvgIpc) is 2.61. The van der Waals surface area contributed by atoms with E-state index in [-0.39, 0.29) is 13.0 Å². The van der Waals surface area contributed by atoms with Gasteiger partial charge in [-0.25, -0.2) is 0 Å². The molecule has 0 amide bonds. The van der Waals surface area contributed by atoms with Gasteiger partial charge in [-0.1, -0.05) is 19.1 Å². The lowest BCUT2D eigenvalue weighted by Gasteiger charge is -2.31. The third kappa shape index (κ3) is 5.69. The van der Waals surface area contributed by atoms with Crippen molar-refractivity contribution in [3.63, 3.8) is 0 Å². The van der Waals surface area contributed by atoms with Crippen LogP contribution in [-0.4, -0.2) is 45.5 Å². The molecule has 8 heteroatoms. The summed E-state index contributed by atoms with van der Waals surface area (Å²) in [5.74, 6) is 0.470. The number of nitrogens with zero attached hydrogens (tertiary/aromatic N) is 1. The zero-order valence-electron chi connectivity index (χ0n) is 15.6. The second-order valence-corrected chi connectivity index (χ2v) is 8.27. The highest BCUT2D eigenvalue weighted by molar-refractivity contribution is 7.87. The Morgan fingerprint density at radius 3 is 2.85 bits per heavy atom. The number of ether oxygens (including phenoxy) is 2. The Morgan fingerprint density at radius 1 is 1.42 bits per heavy atom. The van der Waals surface area contributed by atoms with E-state index < -0.39 is 22.2 Å². The molecule has 0 aromatic heterocycles. The van der Waals surface area contributed by atoms with Crippen LogP contribution in [0.1, 0.15) is 44.7 Å². The molecule has 1 aromatic rings. The Labute approximate surface area is 155 Å². The first-order valence-electron chi connectivity index (χ1n) is 8.92. The van der Waals surface area contributed by atoms with Gasteiger partial charge in [0, 0.05) is 13.1 Å².